The second kappa shape index (κ2) is 21.6. The minimum atomic E-state index is -0.0498. The van der Waals surface area contributed by atoms with Crippen LogP contribution < -0.4 is 4.74 Å². The van der Waals surface area contributed by atoms with E-state index < -0.39 is 0 Å². The first kappa shape index (κ1) is 36.6. The largest absolute Gasteiger partial charge is 0.426 e. The third kappa shape index (κ3) is 13.1. The summed E-state index contributed by atoms with van der Waals surface area (Å²) in [4.78, 5) is 22.3. The summed E-state index contributed by atoms with van der Waals surface area (Å²) in [7, 11) is 0. The van der Waals surface area contributed by atoms with Crippen molar-refractivity contribution in [3.63, 3.8) is 0 Å². The SMILES string of the molecule is CCCCCCCCCCC1CCC(C2CCC(C(=O)Oc3ccc(-c4ncc(CCCCCCCCC)cn4)cc3)CC2)CC1. The molecule has 0 bridgehead atoms. The van der Waals surface area contributed by atoms with Crippen molar-refractivity contribution in [2.45, 2.75) is 174 Å². The van der Waals surface area contributed by atoms with Crippen LogP contribution in [0.2, 0.25) is 0 Å². The number of esters is 1. The quantitative estimate of drug-likeness (QED) is 0.0782. The van der Waals surface area contributed by atoms with E-state index in [9.17, 15) is 4.79 Å². The number of hydrogen-bond acceptors (Lipinski definition) is 4. The van der Waals surface area contributed by atoms with E-state index in [0.29, 0.717) is 5.75 Å². The highest BCUT2D eigenvalue weighted by molar-refractivity contribution is 5.75. The molecule has 0 atom stereocenters. The van der Waals surface area contributed by atoms with E-state index in [1.54, 1.807) is 0 Å². The lowest BCUT2D eigenvalue weighted by Gasteiger charge is -2.37. The Hall–Kier alpha value is -2.23. The normalized spacial score (nSPS) is 21.7. The van der Waals surface area contributed by atoms with Gasteiger partial charge in [0, 0.05) is 18.0 Å². The molecule has 1 heterocycles. The van der Waals surface area contributed by atoms with Gasteiger partial charge in [-0.05, 0) is 98.9 Å². The van der Waals surface area contributed by atoms with Gasteiger partial charge >= 0.3 is 5.97 Å². The lowest BCUT2D eigenvalue weighted by atomic mass is 9.68. The molecule has 1 aromatic heterocycles. The molecule has 46 heavy (non-hydrogen) atoms. The number of carbonyl (C=O) groups excluding carboxylic acids is 1. The summed E-state index contributed by atoms with van der Waals surface area (Å²) in [6.07, 6.45) is 37.1. The smallest absolute Gasteiger partial charge is 0.314 e. The summed E-state index contributed by atoms with van der Waals surface area (Å²) in [6.45, 7) is 4.56. The lowest BCUT2D eigenvalue weighted by molar-refractivity contribution is -0.140. The monoisotopic (exact) mass is 631 g/mol. The molecule has 0 unspecified atom stereocenters. The topological polar surface area (TPSA) is 52.1 Å². The molecule has 4 rings (SSSR count). The van der Waals surface area contributed by atoms with Gasteiger partial charge in [0.15, 0.2) is 5.82 Å². The standard InChI is InChI=1S/C42H66N2O2/c1-3-5-7-9-11-13-14-16-18-34-20-22-36(23-21-34)37-24-26-39(27-25-37)42(45)46-40-30-28-38(29-31-40)41-43-32-35(33-44-41)19-17-15-12-10-8-6-4-2/h28-34,36-37,39H,3-27H2,1-2H3. The van der Waals surface area contributed by atoms with Crippen LogP contribution in [0, 0.1) is 23.7 Å². The van der Waals surface area contributed by atoms with Crippen molar-refractivity contribution in [2.75, 3.05) is 0 Å². The van der Waals surface area contributed by atoms with E-state index in [0.717, 1.165) is 48.4 Å². The number of aromatic nitrogens is 2. The Balaban J connectivity index is 1.08. The minimum Gasteiger partial charge on any atom is -0.426 e. The van der Waals surface area contributed by atoms with E-state index in [-0.39, 0.29) is 11.9 Å². The van der Waals surface area contributed by atoms with Crippen LogP contribution in [0.4, 0.5) is 0 Å². The summed E-state index contributed by atoms with van der Waals surface area (Å²) in [5.41, 5.74) is 2.16. The second-order valence-corrected chi connectivity index (χ2v) is 14.9. The van der Waals surface area contributed by atoms with E-state index in [1.807, 2.05) is 36.7 Å². The van der Waals surface area contributed by atoms with Crippen molar-refractivity contribution in [1.29, 1.82) is 0 Å². The molecule has 1 aromatic carbocycles. The summed E-state index contributed by atoms with van der Waals surface area (Å²) < 4.78 is 5.84. The lowest BCUT2D eigenvalue weighted by Crippen LogP contribution is -2.30. The zero-order chi connectivity index (χ0) is 32.2. The molecular weight excluding hydrogens is 564 g/mol. The zero-order valence-electron chi connectivity index (χ0n) is 29.7. The number of unbranched alkanes of at least 4 members (excludes halogenated alkanes) is 13. The van der Waals surface area contributed by atoms with Crippen molar-refractivity contribution in [2.24, 2.45) is 23.7 Å². The third-order valence-corrected chi connectivity index (χ3v) is 11.2. The molecular formula is C42H66N2O2. The molecule has 2 aliphatic carbocycles. The number of rotatable bonds is 21. The molecule has 256 valence electrons. The predicted molar refractivity (Wildman–Crippen MR) is 193 cm³/mol. The van der Waals surface area contributed by atoms with Crippen molar-refractivity contribution >= 4 is 5.97 Å². The Morgan fingerprint density at radius 2 is 1.13 bits per heavy atom. The van der Waals surface area contributed by atoms with Gasteiger partial charge in [0.25, 0.3) is 0 Å². The van der Waals surface area contributed by atoms with Crippen molar-refractivity contribution in [3.05, 3.63) is 42.2 Å². The minimum absolute atomic E-state index is 0.0430. The molecule has 2 fully saturated rings. The van der Waals surface area contributed by atoms with Crippen LogP contribution in [0.25, 0.3) is 11.4 Å². The molecule has 0 N–H and O–H groups in total. The highest BCUT2D eigenvalue weighted by Gasteiger charge is 2.33. The fourth-order valence-electron chi connectivity index (χ4n) is 8.13. The Labute approximate surface area is 282 Å². The first-order valence-corrected chi connectivity index (χ1v) is 19.8. The third-order valence-electron chi connectivity index (χ3n) is 11.2. The Morgan fingerprint density at radius 3 is 1.70 bits per heavy atom. The molecule has 0 saturated heterocycles. The van der Waals surface area contributed by atoms with Gasteiger partial charge in [-0.2, -0.15) is 0 Å². The van der Waals surface area contributed by atoms with Gasteiger partial charge in [0.05, 0.1) is 5.92 Å². The van der Waals surface area contributed by atoms with Crippen LogP contribution in [0.3, 0.4) is 0 Å². The molecule has 4 nitrogen and oxygen atoms in total. The van der Waals surface area contributed by atoms with E-state index in [4.69, 9.17) is 4.74 Å². The fourth-order valence-corrected chi connectivity index (χ4v) is 8.13. The highest BCUT2D eigenvalue weighted by atomic mass is 16.5. The fraction of sp³-hybridized carbons (Fsp3) is 0.738. The maximum atomic E-state index is 13.0. The van der Waals surface area contributed by atoms with Crippen LogP contribution in [0.15, 0.2) is 36.7 Å². The highest BCUT2D eigenvalue weighted by Crippen LogP contribution is 2.42. The predicted octanol–water partition coefficient (Wildman–Crippen LogP) is 12.5. The number of nitrogens with zero attached hydrogens (tertiary/aromatic N) is 2. The Morgan fingerprint density at radius 1 is 0.630 bits per heavy atom. The molecule has 2 aromatic rings. The summed E-state index contributed by atoms with van der Waals surface area (Å²) in [5.74, 6) is 4.01. The maximum absolute atomic E-state index is 13.0. The van der Waals surface area contributed by atoms with Gasteiger partial charge in [0.1, 0.15) is 5.75 Å². The number of benzene rings is 1. The average molecular weight is 631 g/mol. The summed E-state index contributed by atoms with van der Waals surface area (Å²) in [5, 5.41) is 0. The van der Waals surface area contributed by atoms with E-state index >= 15 is 0 Å². The van der Waals surface area contributed by atoms with Crippen LogP contribution >= 0.6 is 0 Å². The first-order chi connectivity index (χ1) is 22.7. The molecule has 4 heteroatoms. The van der Waals surface area contributed by atoms with E-state index in [1.165, 1.54) is 147 Å². The van der Waals surface area contributed by atoms with Gasteiger partial charge in [-0.3, -0.25) is 4.79 Å². The first-order valence-electron chi connectivity index (χ1n) is 19.8. The Bertz CT molecular complexity index is 1070. The van der Waals surface area contributed by atoms with Gasteiger partial charge in [-0.15, -0.1) is 0 Å². The van der Waals surface area contributed by atoms with Gasteiger partial charge in [-0.1, -0.05) is 123 Å². The number of carbonyl (C=O) groups is 1. The van der Waals surface area contributed by atoms with Crippen molar-refractivity contribution in [1.82, 2.24) is 9.97 Å². The van der Waals surface area contributed by atoms with Gasteiger partial charge in [-0.25, -0.2) is 9.97 Å². The number of hydrogen-bond donors (Lipinski definition) is 0. The van der Waals surface area contributed by atoms with Crippen LogP contribution in [0.1, 0.15) is 174 Å². The van der Waals surface area contributed by atoms with Crippen LogP contribution in [-0.4, -0.2) is 15.9 Å². The summed E-state index contributed by atoms with van der Waals surface area (Å²) in [6, 6.07) is 7.72. The molecule has 0 amide bonds. The second-order valence-electron chi connectivity index (χ2n) is 14.9. The van der Waals surface area contributed by atoms with Crippen molar-refractivity contribution in [3.8, 4) is 17.1 Å². The summed E-state index contributed by atoms with van der Waals surface area (Å²) >= 11 is 0. The molecule has 0 spiro atoms. The number of ether oxygens (including phenoxy) is 1. The molecule has 0 aliphatic heterocycles. The van der Waals surface area contributed by atoms with Gasteiger partial charge < -0.3 is 4.74 Å². The average Bonchev–Trinajstić information content (AvgIpc) is 3.10. The molecule has 0 radical (unpaired) electrons. The zero-order valence-corrected chi connectivity index (χ0v) is 29.7. The number of aryl methyl sites for hydroxylation is 1. The van der Waals surface area contributed by atoms with Crippen LogP contribution in [0.5, 0.6) is 5.75 Å². The van der Waals surface area contributed by atoms with Crippen LogP contribution in [-0.2, 0) is 11.2 Å². The maximum Gasteiger partial charge on any atom is 0.314 e. The van der Waals surface area contributed by atoms with E-state index in [2.05, 4.69) is 23.8 Å². The Kier molecular flexibility index (Phi) is 17.2. The molecule has 2 saturated carbocycles. The molecule has 2 aliphatic rings. The van der Waals surface area contributed by atoms with Crippen molar-refractivity contribution < 1.29 is 9.53 Å². The van der Waals surface area contributed by atoms with Gasteiger partial charge in [0.2, 0.25) is 0 Å².